The minimum atomic E-state index is -0.328. The highest BCUT2D eigenvalue weighted by molar-refractivity contribution is 6.05. The summed E-state index contributed by atoms with van der Waals surface area (Å²) in [7, 11) is 4.68. The molecule has 3 aromatic rings. The topological polar surface area (TPSA) is 90.0 Å². The van der Waals surface area contributed by atoms with E-state index in [1.807, 2.05) is 24.3 Å². The molecule has 2 heterocycles. The van der Waals surface area contributed by atoms with Crippen LogP contribution in [0.15, 0.2) is 54.7 Å². The molecule has 2 amide bonds. The molecule has 34 heavy (non-hydrogen) atoms. The molecule has 0 saturated carbocycles. The summed E-state index contributed by atoms with van der Waals surface area (Å²) in [5.74, 6) is 1.36. The Morgan fingerprint density at radius 2 is 1.74 bits per heavy atom. The van der Waals surface area contributed by atoms with Crippen LogP contribution in [0.2, 0.25) is 0 Å². The van der Waals surface area contributed by atoms with Crippen LogP contribution in [0.3, 0.4) is 0 Å². The Hall–Kier alpha value is -4.07. The molecule has 1 N–H and O–H groups in total. The highest BCUT2D eigenvalue weighted by atomic mass is 16.5. The number of rotatable bonds is 7. The van der Waals surface area contributed by atoms with E-state index in [1.54, 1.807) is 49.6 Å². The first kappa shape index (κ1) is 23.1. The number of methoxy groups -OCH3 is 3. The maximum absolute atomic E-state index is 13.2. The fourth-order valence-electron chi connectivity index (χ4n) is 4.04. The Kier molecular flexibility index (Phi) is 6.96. The summed E-state index contributed by atoms with van der Waals surface area (Å²) in [5, 5.41) is 2.86. The maximum atomic E-state index is 13.2. The largest absolute Gasteiger partial charge is 0.496 e. The Labute approximate surface area is 198 Å². The standard InChI is InChI=1S/C26H27N3O5/c1-32-22-9-5-4-7-17(22)14-25(30)29-12-6-8-20-21(29)13-18(16-27-20)26(31)28-19-10-11-23(33-2)24(15-19)34-3/h4-5,7,9-11,13,15-16H,6,8,12,14H2,1-3H3,(H,28,31). The lowest BCUT2D eigenvalue weighted by Crippen LogP contribution is -2.37. The zero-order chi connectivity index (χ0) is 24.1. The monoisotopic (exact) mass is 461 g/mol. The predicted molar refractivity (Wildman–Crippen MR) is 129 cm³/mol. The fourth-order valence-corrected chi connectivity index (χ4v) is 4.04. The van der Waals surface area contributed by atoms with Gasteiger partial charge in [-0.3, -0.25) is 14.6 Å². The zero-order valence-electron chi connectivity index (χ0n) is 19.5. The van der Waals surface area contributed by atoms with E-state index in [1.165, 1.54) is 7.11 Å². The van der Waals surface area contributed by atoms with Gasteiger partial charge in [-0.2, -0.15) is 0 Å². The predicted octanol–water partition coefficient (Wildman–Crippen LogP) is 3.88. The van der Waals surface area contributed by atoms with Crippen LogP contribution in [-0.4, -0.2) is 44.7 Å². The third-order valence-electron chi connectivity index (χ3n) is 5.77. The van der Waals surface area contributed by atoms with Gasteiger partial charge >= 0.3 is 0 Å². The van der Waals surface area contributed by atoms with Crippen LogP contribution in [-0.2, 0) is 17.6 Å². The number of ether oxygens (including phenoxy) is 3. The van der Waals surface area contributed by atoms with Gasteiger partial charge in [-0.1, -0.05) is 18.2 Å². The van der Waals surface area contributed by atoms with Crippen LogP contribution in [0, 0.1) is 0 Å². The second kappa shape index (κ2) is 10.2. The molecule has 8 nitrogen and oxygen atoms in total. The van der Waals surface area contributed by atoms with Crippen LogP contribution in [0.25, 0.3) is 0 Å². The number of hydrogen-bond donors (Lipinski definition) is 1. The number of nitrogens with one attached hydrogen (secondary N) is 1. The molecular weight excluding hydrogens is 434 g/mol. The first-order chi connectivity index (χ1) is 16.5. The van der Waals surface area contributed by atoms with Crippen LogP contribution < -0.4 is 24.4 Å². The number of anilines is 2. The normalized spacial score (nSPS) is 12.5. The van der Waals surface area contributed by atoms with Crippen molar-refractivity contribution in [3.05, 3.63) is 71.5 Å². The molecule has 0 aliphatic carbocycles. The summed E-state index contributed by atoms with van der Waals surface area (Å²) in [6, 6.07) is 14.3. The zero-order valence-corrected chi connectivity index (χ0v) is 19.5. The molecule has 0 atom stereocenters. The third-order valence-corrected chi connectivity index (χ3v) is 5.77. The smallest absolute Gasteiger partial charge is 0.257 e. The summed E-state index contributed by atoms with van der Waals surface area (Å²) in [6.07, 6.45) is 3.31. The number of pyridine rings is 1. The number of amides is 2. The number of hydrogen-bond acceptors (Lipinski definition) is 6. The Bertz CT molecular complexity index is 1210. The van der Waals surface area contributed by atoms with Crippen molar-refractivity contribution in [2.75, 3.05) is 38.1 Å². The van der Waals surface area contributed by atoms with Crippen molar-refractivity contribution >= 4 is 23.2 Å². The minimum absolute atomic E-state index is 0.0651. The van der Waals surface area contributed by atoms with Crippen molar-refractivity contribution in [1.29, 1.82) is 0 Å². The van der Waals surface area contributed by atoms with E-state index in [9.17, 15) is 9.59 Å². The van der Waals surface area contributed by atoms with Gasteiger partial charge in [-0.25, -0.2) is 0 Å². The lowest BCUT2D eigenvalue weighted by atomic mass is 10.0. The summed E-state index contributed by atoms with van der Waals surface area (Å²) in [5.41, 5.74) is 3.22. The Morgan fingerprint density at radius 3 is 2.50 bits per heavy atom. The molecule has 1 aliphatic rings. The fraction of sp³-hybridized carbons (Fsp3) is 0.269. The molecule has 2 aromatic carbocycles. The molecule has 0 saturated heterocycles. The Morgan fingerprint density at radius 1 is 0.971 bits per heavy atom. The van der Waals surface area contributed by atoms with E-state index < -0.39 is 0 Å². The molecule has 8 heteroatoms. The van der Waals surface area contributed by atoms with Crippen molar-refractivity contribution in [1.82, 2.24) is 4.98 Å². The van der Waals surface area contributed by atoms with E-state index in [0.29, 0.717) is 40.7 Å². The molecule has 0 spiro atoms. The molecule has 0 fully saturated rings. The van der Waals surface area contributed by atoms with Crippen LogP contribution >= 0.6 is 0 Å². The molecular formula is C26H27N3O5. The molecule has 176 valence electrons. The van der Waals surface area contributed by atoms with Gasteiger partial charge in [-0.15, -0.1) is 0 Å². The van der Waals surface area contributed by atoms with E-state index >= 15 is 0 Å². The number of carbonyl (C=O) groups excluding carboxylic acids is 2. The van der Waals surface area contributed by atoms with Crippen molar-refractivity contribution < 1.29 is 23.8 Å². The third kappa shape index (κ3) is 4.80. The van der Waals surface area contributed by atoms with E-state index in [4.69, 9.17) is 14.2 Å². The molecule has 0 unspecified atom stereocenters. The van der Waals surface area contributed by atoms with Gasteiger partial charge in [0, 0.05) is 30.1 Å². The van der Waals surface area contributed by atoms with Gasteiger partial charge in [0.25, 0.3) is 5.91 Å². The Balaban J connectivity index is 1.56. The van der Waals surface area contributed by atoms with Gasteiger partial charge in [0.15, 0.2) is 11.5 Å². The van der Waals surface area contributed by atoms with Gasteiger partial charge in [0.1, 0.15) is 5.75 Å². The molecule has 1 aliphatic heterocycles. The number of para-hydroxylation sites is 1. The highest BCUT2D eigenvalue weighted by Crippen LogP contribution is 2.31. The van der Waals surface area contributed by atoms with Crippen LogP contribution in [0.1, 0.15) is 28.0 Å². The molecule has 0 bridgehead atoms. The number of carbonyl (C=O) groups is 2. The van der Waals surface area contributed by atoms with E-state index in [2.05, 4.69) is 10.3 Å². The van der Waals surface area contributed by atoms with Crippen molar-refractivity contribution in [2.24, 2.45) is 0 Å². The quantitative estimate of drug-likeness (QED) is 0.574. The van der Waals surface area contributed by atoms with Gasteiger partial charge < -0.3 is 24.4 Å². The lowest BCUT2D eigenvalue weighted by Gasteiger charge is -2.29. The average molecular weight is 462 g/mol. The summed E-state index contributed by atoms with van der Waals surface area (Å²) in [4.78, 5) is 32.4. The summed E-state index contributed by atoms with van der Waals surface area (Å²) in [6.45, 7) is 0.573. The van der Waals surface area contributed by atoms with Crippen molar-refractivity contribution in [2.45, 2.75) is 19.3 Å². The van der Waals surface area contributed by atoms with Crippen molar-refractivity contribution in [3.8, 4) is 17.2 Å². The summed E-state index contributed by atoms with van der Waals surface area (Å²) < 4.78 is 15.9. The van der Waals surface area contributed by atoms with E-state index in [-0.39, 0.29) is 18.2 Å². The second-order valence-electron chi connectivity index (χ2n) is 7.85. The van der Waals surface area contributed by atoms with Crippen LogP contribution in [0.5, 0.6) is 17.2 Å². The average Bonchev–Trinajstić information content (AvgIpc) is 2.88. The number of benzene rings is 2. The molecule has 1 aromatic heterocycles. The van der Waals surface area contributed by atoms with Crippen LogP contribution in [0.4, 0.5) is 11.4 Å². The van der Waals surface area contributed by atoms with E-state index in [0.717, 1.165) is 24.1 Å². The van der Waals surface area contributed by atoms with Crippen molar-refractivity contribution in [3.63, 3.8) is 0 Å². The minimum Gasteiger partial charge on any atom is -0.496 e. The van der Waals surface area contributed by atoms with Gasteiger partial charge in [0.2, 0.25) is 5.91 Å². The number of aryl methyl sites for hydroxylation is 1. The SMILES string of the molecule is COc1ccccc1CC(=O)N1CCCc2ncc(C(=O)Nc3ccc(OC)c(OC)c3)cc21. The second-order valence-corrected chi connectivity index (χ2v) is 7.85. The van der Waals surface area contributed by atoms with Gasteiger partial charge in [0.05, 0.1) is 44.7 Å². The summed E-state index contributed by atoms with van der Waals surface area (Å²) >= 11 is 0. The molecule has 4 rings (SSSR count). The lowest BCUT2D eigenvalue weighted by molar-refractivity contribution is -0.118. The number of fused-ring (bicyclic) bond motifs is 1. The number of nitrogens with zero attached hydrogens (tertiary/aromatic N) is 2. The first-order valence-electron chi connectivity index (χ1n) is 11.0. The first-order valence-corrected chi connectivity index (χ1v) is 11.0. The van der Waals surface area contributed by atoms with Gasteiger partial charge in [-0.05, 0) is 37.1 Å². The number of aromatic nitrogens is 1. The maximum Gasteiger partial charge on any atom is 0.257 e. The molecule has 0 radical (unpaired) electrons. The highest BCUT2D eigenvalue weighted by Gasteiger charge is 2.25.